The van der Waals surface area contributed by atoms with Crippen molar-refractivity contribution in [1.82, 2.24) is 15.5 Å². The summed E-state index contributed by atoms with van der Waals surface area (Å²) in [5.41, 5.74) is 0.252. The number of likely N-dealkylation sites (tertiary alicyclic amines) is 1. The van der Waals surface area contributed by atoms with E-state index in [4.69, 9.17) is 9.47 Å². The molecule has 2 fully saturated rings. The van der Waals surface area contributed by atoms with Gasteiger partial charge < -0.3 is 25.0 Å². The van der Waals surface area contributed by atoms with Crippen LogP contribution in [0.5, 0.6) is 0 Å². The Balaban J connectivity index is 1.45. The lowest BCUT2D eigenvalue weighted by molar-refractivity contribution is 0.0111. The van der Waals surface area contributed by atoms with E-state index in [9.17, 15) is 9.59 Å². The number of carbonyl (C=O) groups excluding carboxylic acids is 2. The molecule has 3 rings (SSSR count). The van der Waals surface area contributed by atoms with E-state index in [0.29, 0.717) is 12.5 Å². The van der Waals surface area contributed by atoms with Gasteiger partial charge in [0.25, 0.3) is 5.91 Å². The third kappa shape index (κ3) is 7.20. The highest BCUT2D eigenvalue weighted by Gasteiger charge is 2.33. The number of ether oxygens (including phenoxy) is 2. The molecule has 0 spiro atoms. The van der Waals surface area contributed by atoms with Crippen molar-refractivity contribution in [1.29, 1.82) is 0 Å². The van der Waals surface area contributed by atoms with Crippen LogP contribution in [0.15, 0.2) is 30.3 Å². The molecule has 0 saturated carbocycles. The van der Waals surface area contributed by atoms with Crippen LogP contribution in [0.4, 0.5) is 4.79 Å². The van der Waals surface area contributed by atoms with E-state index in [2.05, 4.69) is 10.6 Å². The zero-order chi connectivity index (χ0) is 23.1. The van der Waals surface area contributed by atoms with Gasteiger partial charge in [-0.15, -0.1) is 0 Å². The van der Waals surface area contributed by atoms with Crippen molar-refractivity contribution >= 4 is 12.0 Å². The first-order valence-electron chi connectivity index (χ1n) is 11.9. The standard InChI is InChI=1S/C25H39N3O4/c1-18(27-24(30)32-25(2,3)4)21-17-31-15-12-22(21)26-16-19-10-13-28(14-11-19)23(29)20-8-6-5-7-9-20/h5-9,18-19,21-22,26H,10-17H2,1-4H3,(H,27,30)/t18-,21-,22+/m0/s1. The molecule has 2 heterocycles. The van der Waals surface area contributed by atoms with Gasteiger partial charge in [-0.3, -0.25) is 4.79 Å². The van der Waals surface area contributed by atoms with Gasteiger partial charge in [-0.1, -0.05) is 18.2 Å². The maximum absolute atomic E-state index is 12.7. The van der Waals surface area contributed by atoms with E-state index in [1.165, 1.54) is 0 Å². The van der Waals surface area contributed by atoms with Crippen molar-refractivity contribution in [2.75, 3.05) is 32.8 Å². The maximum atomic E-state index is 12.7. The highest BCUT2D eigenvalue weighted by Crippen LogP contribution is 2.22. The second-order valence-electron chi connectivity index (χ2n) is 10.1. The van der Waals surface area contributed by atoms with Crippen molar-refractivity contribution in [3.05, 3.63) is 35.9 Å². The van der Waals surface area contributed by atoms with Crippen LogP contribution in [-0.2, 0) is 9.47 Å². The Morgan fingerprint density at radius 1 is 1.16 bits per heavy atom. The molecule has 0 aromatic heterocycles. The van der Waals surface area contributed by atoms with Gasteiger partial charge >= 0.3 is 6.09 Å². The number of alkyl carbamates (subject to hydrolysis) is 1. The summed E-state index contributed by atoms with van der Waals surface area (Å²) in [5, 5.41) is 6.73. The molecule has 1 aromatic rings. The van der Waals surface area contributed by atoms with Crippen LogP contribution in [-0.4, -0.2) is 67.4 Å². The smallest absolute Gasteiger partial charge is 0.407 e. The summed E-state index contributed by atoms with van der Waals surface area (Å²) in [4.78, 5) is 26.8. The molecular formula is C25H39N3O4. The average molecular weight is 446 g/mol. The monoisotopic (exact) mass is 445 g/mol. The van der Waals surface area contributed by atoms with Crippen LogP contribution >= 0.6 is 0 Å². The lowest BCUT2D eigenvalue weighted by Crippen LogP contribution is -2.54. The van der Waals surface area contributed by atoms with Crippen LogP contribution < -0.4 is 10.6 Å². The summed E-state index contributed by atoms with van der Waals surface area (Å²) >= 11 is 0. The zero-order valence-corrected chi connectivity index (χ0v) is 19.9. The molecule has 7 heteroatoms. The minimum Gasteiger partial charge on any atom is -0.444 e. The minimum atomic E-state index is -0.513. The van der Waals surface area contributed by atoms with Gasteiger partial charge in [-0.2, -0.15) is 0 Å². The lowest BCUT2D eigenvalue weighted by atomic mass is 9.88. The maximum Gasteiger partial charge on any atom is 0.407 e. The van der Waals surface area contributed by atoms with Gasteiger partial charge in [-0.05, 0) is 71.6 Å². The number of nitrogens with one attached hydrogen (secondary N) is 2. The van der Waals surface area contributed by atoms with Crippen LogP contribution in [0.3, 0.4) is 0 Å². The number of piperidine rings is 1. The number of hydrogen-bond acceptors (Lipinski definition) is 5. The number of hydrogen-bond donors (Lipinski definition) is 2. The number of nitrogens with zero attached hydrogens (tertiary/aromatic N) is 1. The van der Waals surface area contributed by atoms with Crippen LogP contribution in [0.25, 0.3) is 0 Å². The highest BCUT2D eigenvalue weighted by molar-refractivity contribution is 5.94. The van der Waals surface area contributed by atoms with Gasteiger partial charge in [0.15, 0.2) is 0 Å². The second-order valence-corrected chi connectivity index (χ2v) is 10.1. The molecule has 2 saturated heterocycles. The SMILES string of the molecule is C[C@H](NC(=O)OC(C)(C)C)[C@@H]1COCC[C@H]1NCC1CCN(C(=O)c2ccccc2)CC1. The first kappa shape index (κ1) is 24.5. The minimum absolute atomic E-state index is 0.0482. The van der Waals surface area contributed by atoms with E-state index in [1.807, 2.05) is 62.9 Å². The molecule has 0 bridgehead atoms. The Morgan fingerprint density at radius 2 is 1.84 bits per heavy atom. The van der Waals surface area contributed by atoms with E-state index in [1.54, 1.807) is 0 Å². The Morgan fingerprint density at radius 3 is 2.50 bits per heavy atom. The predicted octanol–water partition coefficient (Wildman–Crippen LogP) is 3.45. The second kappa shape index (κ2) is 11.1. The molecule has 0 radical (unpaired) electrons. The van der Waals surface area contributed by atoms with Crippen molar-refractivity contribution in [3.8, 4) is 0 Å². The molecule has 178 valence electrons. The fraction of sp³-hybridized carbons (Fsp3) is 0.680. The first-order chi connectivity index (χ1) is 15.2. The summed E-state index contributed by atoms with van der Waals surface area (Å²) in [6.45, 7) is 11.5. The summed E-state index contributed by atoms with van der Waals surface area (Å²) in [7, 11) is 0. The normalized spacial score (nSPS) is 23.4. The van der Waals surface area contributed by atoms with Gasteiger partial charge in [0, 0.05) is 43.3 Å². The molecule has 0 unspecified atom stereocenters. The topological polar surface area (TPSA) is 79.9 Å². The third-order valence-electron chi connectivity index (χ3n) is 6.38. The number of benzene rings is 1. The molecule has 2 N–H and O–H groups in total. The molecule has 3 atom stereocenters. The number of rotatable bonds is 6. The molecule has 7 nitrogen and oxygen atoms in total. The van der Waals surface area contributed by atoms with Crippen LogP contribution in [0.2, 0.25) is 0 Å². The summed E-state index contributed by atoms with van der Waals surface area (Å²) in [6.07, 6.45) is 2.55. The Kier molecular flexibility index (Phi) is 8.54. The first-order valence-corrected chi connectivity index (χ1v) is 11.9. The van der Waals surface area contributed by atoms with Gasteiger partial charge in [0.1, 0.15) is 5.60 Å². The van der Waals surface area contributed by atoms with E-state index in [0.717, 1.165) is 51.1 Å². The van der Waals surface area contributed by atoms with Gasteiger partial charge in [0.2, 0.25) is 0 Å². The highest BCUT2D eigenvalue weighted by atomic mass is 16.6. The quantitative estimate of drug-likeness (QED) is 0.701. The zero-order valence-electron chi connectivity index (χ0n) is 19.9. The lowest BCUT2D eigenvalue weighted by Gasteiger charge is -2.38. The molecule has 2 aliphatic rings. The summed E-state index contributed by atoms with van der Waals surface area (Å²) in [5.74, 6) is 0.868. The Hall–Kier alpha value is -2.12. The number of amides is 2. The van der Waals surface area contributed by atoms with Crippen LogP contribution in [0, 0.1) is 11.8 Å². The van der Waals surface area contributed by atoms with Crippen molar-refractivity contribution in [3.63, 3.8) is 0 Å². The Labute approximate surface area is 192 Å². The molecule has 0 aliphatic carbocycles. The summed E-state index contributed by atoms with van der Waals surface area (Å²) < 4.78 is 11.1. The van der Waals surface area contributed by atoms with E-state index >= 15 is 0 Å². The van der Waals surface area contributed by atoms with E-state index in [-0.39, 0.29) is 30.0 Å². The average Bonchev–Trinajstić information content (AvgIpc) is 2.77. The van der Waals surface area contributed by atoms with Gasteiger partial charge in [0.05, 0.1) is 6.61 Å². The summed E-state index contributed by atoms with van der Waals surface area (Å²) in [6, 6.07) is 9.76. The third-order valence-corrected chi connectivity index (χ3v) is 6.38. The number of carbonyl (C=O) groups is 2. The predicted molar refractivity (Wildman–Crippen MR) is 125 cm³/mol. The van der Waals surface area contributed by atoms with Crippen molar-refractivity contribution < 1.29 is 19.1 Å². The Bertz CT molecular complexity index is 741. The van der Waals surface area contributed by atoms with Crippen molar-refractivity contribution in [2.24, 2.45) is 11.8 Å². The van der Waals surface area contributed by atoms with Crippen molar-refractivity contribution in [2.45, 2.75) is 64.6 Å². The molecule has 2 aliphatic heterocycles. The molecule has 2 amide bonds. The molecule has 32 heavy (non-hydrogen) atoms. The fourth-order valence-electron chi connectivity index (χ4n) is 4.53. The van der Waals surface area contributed by atoms with Crippen LogP contribution in [0.1, 0.15) is 57.3 Å². The fourth-order valence-corrected chi connectivity index (χ4v) is 4.53. The molecule has 1 aromatic carbocycles. The molecular weight excluding hydrogens is 406 g/mol. The van der Waals surface area contributed by atoms with E-state index < -0.39 is 5.60 Å². The largest absolute Gasteiger partial charge is 0.444 e. The van der Waals surface area contributed by atoms with Gasteiger partial charge in [-0.25, -0.2) is 4.79 Å².